The first-order valence-corrected chi connectivity index (χ1v) is 7.17. The van der Waals surface area contributed by atoms with Crippen molar-refractivity contribution < 1.29 is 4.79 Å². The first-order chi connectivity index (χ1) is 9.97. The number of hydrogen-bond donors (Lipinski definition) is 2. The fraction of sp³-hybridized carbons (Fsp3) is 0.278. The van der Waals surface area contributed by atoms with Gasteiger partial charge in [-0.2, -0.15) is 0 Å². The SMILES string of the molecule is Cc1cc(C)c(NC(=O)C(C)Nc2ccccc2)c(C)c1. The van der Waals surface area contributed by atoms with Crippen molar-refractivity contribution in [3.05, 3.63) is 59.2 Å². The van der Waals surface area contributed by atoms with Gasteiger partial charge < -0.3 is 10.6 Å². The number of carbonyl (C=O) groups is 1. The summed E-state index contributed by atoms with van der Waals surface area (Å²) >= 11 is 0. The maximum absolute atomic E-state index is 12.3. The highest BCUT2D eigenvalue weighted by atomic mass is 16.2. The molecule has 0 fully saturated rings. The monoisotopic (exact) mass is 282 g/mol. The third kappa shape index (κ3) is 3.85. The fourth-order valence-corrected chi connectivity index (χ4v) is 2.46. The number of anilines is 2. The molecule has 0 bridgehead atoms. The molecule has 0 spiro atoms. The Labute approximate surface area is 126 Å². The molecule has 110 valence electrons. The molecule has 2 rings (SSSR count). The Hall–Kier alpha value is -2.29. The molecule has 0 aromatic heterocycles. The highest BCUT2D eigenvalue weighted by Crippen LogP contribution is 2.22. The quantitative estimate of drug-likeness (QED) is 0.888. The first kappa shape index (κ1) is 15.1. The van der Waals surface area contributed by atoms with Crippen molar-refractivity contribution in [2.75, 3.05) is 10.6 Å². The van der Waals surface area contributed by atoms with Gasteiger partial charge >= 0.3 is 0 Å². The van der Waals surface area contributed by atoms with Gasteiger partial charge in [0.2, 0.25) is 5.91 Å². The summed E-state index contributed by atoms with van der Waals surface area (Å²) < 4.78 is 0. The summed E-state index contributed by atoms with van der Waals surface area (Å²) in [6.07, 6.45) is 0. The first-order valence-electron chi connectivity index (χ1n) is 7.17. The second-order valence-electron chi connectivity index (χ2n) is 5.50. The van der Waals surface area contributed by atoms with Gasteiger partial charge in [-0.3, -0.25) is 4.79 Å². The topological polar surface area (TPSA) is 41.1 Å². The van der Waals surface area contributed by atoms with E-state index >= 15 is 0 Å². The summed E-state index contributed by atoms with van der Waals surface area (Å²) in [5, 5.41) is 6.22. The number of carbonyl (C=O) groups excluding carboxylic acids is 1. The molecule has 2 aromatic carbocycles. The lowest BCUT2D eigenvalue weighted by molar-refractivity contribution is -0.116. The van der Waals surface area contributed by atoms with Crippen molar-refractivity contribution in [2.45, 2.75) is 33.7 Å². The number of hydrogen-bond acceptors (Lipinski definition) is 2. The Bertz CT molecular complexity index is 612. The van der Waals surface area contributed by atoms with Gasteiger partial charge in [0, 0.05) is 11.4 Å². The standard InChI is InChI=1S/C18H22N2O/c1-12-10-13(2)17(14(3)11-12)20-18(21)15(4)19-16-8-6-5-7-9-16/h5-11,15,19H,1-4H3,(H,20,21). The number of nitrogens with one attached hydrogen (secondary N) is 2. The largest absolute Gasteiger partial charge is 0.374 e. The maximum atomic E-state index is 12.3. The van der Waals surface area contributed by atoms with Crippen molar-refractivity contribution in [1.29, 1.82) is 0 Å². The maximum Gasteiger partial charge on any atom is 0.246 e. The van der Waals surface area contributed by atoms with Crippen LogP contribution in [0.3, 0.4) is 0 Å². The minimum Gasteiger partial charge on any atom is -0.374 e. The smallest absolute Gasteiger partial charge is 0.246 e. The zero-order chi connectivity index (χ0) is 15.4. The molecular formula is C18H22N2O. The van der Waals surface area contributed by atoms with E-state index in [0.717, 1.165) is 22.5 Å². The molecule has 3 heteroatoms. The molecule has 1 unspecified atom stereocenters. The van der Waals surface area contributed by atoms with Gasteiger partial charge in [-0.05, 0) is 51.0 Å². The minimum absolute atomic E-state index is 0.0334. The number of aryl methyl sites for hydroxylation is 3. The van der Waals surface area contributed by atoms with Crippen molar-refractivity contribution in [1.82, 2.24) is 0 Å². The van der Waals surface area contributed by atoms with Crippen LogP contribution in [0.4, 0.5) is 11.4 Å². The molecule has 0 saturated heterocycles. The van der Waals surface area contributed by atoms with Crippen LogP contribution in [0.5, 0.6) is 0 Å². The highest BCUT2D eigenvalue weighted by molar-refractivity contribution is 5.97. The van der Waals surface area contributed by atoms with Crippen LogP contribution >= 0.6 is 0 Å². The van der Waals surface area contributed by atoms with Gasteiger partial charge in [0.25, 0.3) is 0 Å². The van der Waals surface area contributed by atoms with Crippen LogP contribution in [-0.4, -0.2) is 11.9 Å². The lowest BCUT2D eigenvalue weighted by Gasteiger charge is -2.18. The van der Waals surface area contributed by atoms with Crippen molar-refractivity contribution in [2.24, 2.45) is 0 Å². The molecule has 0 aliphatic carbocycles. The van der Waals surface area contributed by atoms with Gasteiger partial charge in [-0.15, -0.1) is 0 Å². The molecular weight excluding hydrogens is 260 g/mol. The van der Waals surface area contributed by atoms with Crippen molar-refractivity contribution >= 4 is 17.3 Å². The Morgan fingerprint density at radius 3 is 2.14 bits per heavy atom. The zero-order valence-corrected chi connectivity index (χ0v) is 13.0. The van der Waals surface area contributed by atoms with Crippen molar-refractivity contribution in [3.8, 4) is 0 Å². The minimum atomic E-state index is -0.299. The molecule has 1 amide bonds. The van der Waals surface area contributed by atoms with Gasteiger partial charge in [0.1, 0.15) is 6.04 Å². The Kier molecular flexibility index (Phi) is 4.63. The summed E-state index contributed by atoms with van der Waals surface area (Å²) in [5.74, 6) is -0.0334. The molecule has 0 radical (unpaired) electrons. The van der Waals surface area contributed by atoms with E-state index < -0.39 is 0 Å². The Balaban J connectivity index is 2.08. The average Bonchev–Trinajstić information content (AvgIpc) is 2.43. The predicted molar refractivity (Wildman–Crippen MR) is 88.8 cm³/mol. The van der Waals surface area contributed by atoms with Gasteiger partial charge in [0.15, 0.2) is 0 Å². The number of rotatable bonds is 4. The van der Waals surface area contributed by atoms with Crippen molar-refractivity contribution in [3.63, 3.8) is 0 Å². The number of benzene rings is 2. The van der Waals surface area contributed by atoms with E-state index in [0.29, 0.717) is 0 Å². The van der Waals surface area contributed by atoms with Gasteiger partial charge in [-0.25, -0.2) is 0 Å². The summed E-state index contributed by atoms with van der Waals surface area (Å²) in [6, 6.07) is 13.6. The summed E-state index contributed by atoms with van der Waals surface area (Å²) in [5.41, 5.74) is 5.24. The lowest BCUT2D eigenvalue weighted by Crippen LogP contribution is -2.32. The molecule has 2 aromatic rings. The van der Waals surface area contributed by atoms with E-state index in [1.807, 2.05) is 51.1 Å². The third-order valence-corrected chi connectivity index (χ3v) is 3.48. The lowest BCUT2D eigenvalue weighted by atomic mass is 10.0. The molecule has 0 saturated carbocycles. The summed E-state index contributed by atoms with van der Waals surface area (Å²) in [7, 11) is 0. The van der Waals surface area contributed by atoms with Crippen LogP contribution < -0.4 is 10.6 Å². The number of para-hydroxylation sites is 1. The molecule has 0 heterocycles. The van der Waals surface area contributed by atoms with Gasteiger partial charge in [0.05, 0.1) is 0 Å². The molecule has 3 nitrogen and oxygen atoms in total. The van der Waals surface area contributed by atoms with Crippen LogP contribution in [-0.2, 0) is 4.79 Å². The Morgan fingerprint density at radius 1 is 1.00 bits per heavy atom. The second kappa shape index (κ2) is 6.44. The third-order valence-electron chi connectivity index (χ3n) is 3.48. The zero-order valence-electron chi connectivity index (χ0n) is 13.0. The van der Waals surface area contributed by atoms with Crippen LogP contribution in [0.15, 0.2) is 42.5 Å². The molecule has 2 N–H and O–H groups in total. The van der Waals surface area contributed by atoms with E-state index in [1.54, 1.807) is 0 Å². The highest BCUT2D eigenvalue weighted by Gasteiger charge is 2.15. The molecule has 1 atom stereocenters. The molecule has 0 aliphatic rings. The van der Waals surface area contributed by atoms with Gasteiger partial charge in [-0.1, -0.05) is 35.9 Å². The van der Waals surface area contributed by atoms with E-state index in [4.69, 9.17) is 0 Å². The average molecular weight is 282 g/mol. The van der Waals surface area contributed by atoms with Crippen LogP contribution in [0.25, 0.3) is 0 Å². The summed E-state index contributed by atoms with van der Waals surface area (Å²) in [6.45, 7) is 7.96. The fourth-order valence-electron chi connectivity index (χ4n) is 2.46. The predicted octanol–water partition coefficient (Wildman–Crippen LogP) is 4.05. The van der Waals surface area contributed by atoms with Crippen LogP contribution in [0, 0.1) is 20.8 Å². The second-order valence-corrected chi connectivity index (χ2v) is 5.50. The molecule has 0 aliphatic heterocycles. The van der Waals surface area contributed by atoms with E-state index in [-0.39, 0.29) is 11.9 Å². The Morgan fingerprint density at radius 2 is 1.57 bits per heavy atom. The molecule has 21 heavy (non-hydrogen) atoms. The van der Waals surface area contributed by atoms with E-state index in [1.165, 1.54) is 5.56 Å². The van der Waals surface area contributed by atoms with E-state index in [9.17, 15) is 4.79 Å². The normalized spacial score (nSPS) is 11.8. The van der Waals surface area contributed by atoms with Crippen LogP contribution in [0.2, 0.25) is 0 Å². The number of amides is 1. The van der Waals surface area contributed by atoms with E-state index in [2.05, 4.69) is 29.7 Å². The van der Waals surface area contributed by atoms with Crippen LogP contribution in [0.1, 0.15) is 23.6 Å². The summed E-state index contributed by atoms with van der Waals surface area (Å²) in [4.78, 5) is 12.3.